The van der Waals surface area contributed by atoms with Gasteiger partial charge in [-0.25, -0.2) is 0 Å². The third kappa shape index (κ3) is 3.07. The summed E-state index contributed by atoms with van der Waals surface area (Å²) in [7, 11) is 0. The zero-order valence-electron chi connectivity index (χ0n) is 12.9. The number of hydrogen-bond acceptors (Lipinski definition) is 2. The number of rotatable bonds is 4. The molecule has 3 unspecified atom stereocenters. The monoisotopic (exact) mass is 272 g/mol. The van der Waals surface area contributed by atoms with Crippen LogP contribution in [-0.4, -0.2) is 37.1 Å². The van der Waals surface area contributed by atoms with Crippen LogP contribution >= 0.6 is 0 Å². The van der Waals surface area contributed by atoms with E-state index in [2.05, 4.69) is 54.4 Å². The van der Waals surface area contributed by atoms with Gasteiger partial charge in [-0.1, -0.05) is 37.3 Å². The van der Waals surface area contributed by atoms with Crippen molar-refractivity contribution in [2.75, 3.05) is 26.2 Å². The smallest absolute Gasteiger partial charge is 0.00990 e. The lowest BCUT2D eigenvalue weighted by Gasteiger charge is -2.33. The summed E-state index contributed by atoms with van der Waals surface area (Å²) >= 11 is 0. The summed E-state index contributed by atoms with van der Waals surface area (Å²) in [5.41, 5.74) is 2.00. The fourth-order valence-electron chi connectivity index (χ4n) is 3.98. The molecule has 110 valence electrons. The first-order valence-electron chi connectivity index (χ1n) is 8.15. The predicted octanol–water partition coefficient (Wildman–Crippen LogP) is 2.94. The molecule has 20 heavy (non-hydrogen) atoms. The van der Waals surface area contributed by atoms with Gasteiger partial charge < -0.3 is 5.32 Å². The Labute approximate surface area is 123 Å². The molecule has 3 rings (SSSR count). The van der Waals surface area contributed by atoms with Crippen molar-refractivity contribution in [2.45, 2.75) is 39.2 Å². The van der Waals surface area contributed by atoms with E-state index >= 15 is 0 Å². The molecule has 2 fully saturated rings. The van der Waals surface area contributed by atoms with E-state index in [1.165, 1.54) is 51.0 Å². The van der Waals surface area contributed by atoms with Gasteiger partial charge in [-0.2, -0.15) is 0 Å². The molecule has 2 aliphatic heterocycles. The van der Waals surface area contributed by atoms with Crippen molar-refractivity contribution in [3.8, 4) is 0 Å². The van der Waals surface area contributed by atoms with E-state index in [0.29, 0.717) is 5.41 Å². The average Bonchev–Trinajstić information content (AvgIpc) is 3.01. The standard InChI is InChI=1S/C18H28N2/c1-15-17(12-16-6-4-3-5-7-16)8-11-20(15)14-18(2)9-10-19-13-18/h3-7,15,17,19H,8-14H2,1-2H3. The number of nitrogens with one attached hydrogen (secondary N) is 1. The van der Waals surface area contributed by atoms with Crippen LogP contribution in [0.2, 0.25) is 0 Å². The lowest BCUT2D eigenvalue weighted by atomic mass is 9.88. The lowest BCUT2D eigenvalue weighted by molar-refractivity contribution is 0.160. The molecule has 1 aromatic carbocycles. The molecular weight excluding hydrogens is 244 g/mol. The van der Waals surface area contributed by atoms with Gasteiger partial charge in [0.15, 0.2) is 0 Å². The summed E-state index contributed by atoms with van der Waals surface area (Å²) in [5.74, 6) is 0.829. The summed E-state index contributed by atoms with van der Waals surface area (Å²) in [6, 6.07) is 11.7. The van der Waals surface area contributed by atoms with Crippen LogP contribution in [0.3, 0.4) is 0 Å². The topological polar surface area (TPSA) is 15.3 Å². The second kappa shape index (κ2) is 5.87. The van der Waals surface area contributed by atoms with Crippen molar-refractivity contribution in [1.29, 1.82) is 0 Å². The van der Waals surface area contributed by atoms with Gasteiger partial charge in [-0.05, 0) is 56.2 Å². The third-order valence-corrected chi connectivity index (χ3v) is 5.43. The van der Waals surface area contributed by atoms with Crippen LogP contribution < -0.4 is 5.32 Å². The highest BCUT2D eigenvalue weighted by atomic mass is 15.2. The van der Waals surface area contributed by atoms with E-state index in [4.69, 9.17) is 0 Å². The van der Waals surface area contributed by atoms with Crippen LogP contribution in [0.5, 0.6) is 0 Å². The maximum Gasteiger partial charge on any atom is 0.00990 e. The van der Waals surface area contributed by atoms with Crippen molar-refractivity contribution in [3.05, 3.63) is 35.9 Å². The van der Waals surface area contributed by atoms with Crippen molar-refractivity contribution in [1.82, 2.24) is 10.2 Å². The van der Waals surface area contributed by atoms with Gasteiger partial charge in [-0.15, -0.1) is 0 Å². The second-order valence-electron chi connectivity index (χ2n) is 7.19. The van der Waals surface area contributed by atoms with E-state index in [0.717, 1.165) is 12.0 Å². The number of nitrogens with zero attached hydrogens (tertiary/aromatic N) is 1. The van der Waals surface area contributed by atoms with Crippen molar-refractivity contribution in [2.24, 2.45) is 11.3 Å². The molecule has 1 aromatic rings. The van der Waals surface area contributed by atoms with Crippen LogP contribution in [0, 0.1) is 11.3 Å². The van der Waals surface area contributed by atoms with Gasteiger partial charge in [0.05, 0.1) is 0 Å². The summed E-state index contributed by atoms with van der Waals surface area (Å²) in [6.07, 6.45) is 3.94. The van der Waals surface area contributed by atoms with Gasteiger partial charge in [0, 0.05) is 19.1 Å². The third-order valence-electron chi connectivity index (χ3n) is 5.43. The highest BCUT2D eigenvalue weighted by Crippen LogP contribution is 2.33. The highest BCUT2D eigenvalue weighted by molar-refractivity contribution is 5.16. The van der Waals surface area contributed by atoms with E-state index < -0.39 is 0 Å². The summed E-state index contributed by atoms with van der Waals surface area (Å²) in [6.45, 7) is 9.84. The molecule has 0 spiro atoms. The molecule has 2 aliphatic rings. The Morgan fingerprint density at radius 3 is 2.80 bits per heavy atom. The Kier molecular flexibility index (Phi) is 4.13. The van der Waals surface area contributed by atoms with E-state index in [-0.39, 0.29) is 0 Å². The molecule has 2 nitrogen and oxygen atoms in total. The highest BCUT2D eigenvalue weighted by Gasteiger charge is 2.37. The molecule has 0 radical (unpaired) electrons. The number of likely N-dealkylation sites (tertiary alicyclic amines) is 1. The molecular formula is C18H28N2. The van der Waals surface area contributed by atoms with E-state index in [1.807, 2.05) is 0 Å². The van der Waals surface area contributed by atoms with Crippen LogP contribution in [0.15, 0.2) is 30.3 Å². The Morgan fingerprint density at radius 2 is 2.10 bits per heavy atom. The maximum atomic E-state index is 3.53. The fraction of sp³-hybridized carbons (Fsp3) is 0.667. The normalized spacial score (nSPS) is 34.7. The van der Waals surface area contributed by atoms with E-state index in [1.54, 1.807) is 0 Å². The summed E-state index contributed by atoms with van der Waals surface area (Å²) in [5, 5.41) is 3.53. The minimum atomic E-state index is 0.496. The van der Waals surface area contributed by atoms with Gasteiger partial charge in [0.1, 0.15) is 0 Å². The Bertz CT molecular complexity index is 422. The first-order valence-corrected chi connectivity index (χ1v) is 8.15. The maximum absolute atomic E-state index is 3.53. The second-order valence-corrected chi connectivity index (χ2v) is 7.19. The minimum absolute atomic E-state index is 0.496. The van der Waals surface area contributed by atoms with E-state index in [9.17, 15) is 0 Å². The zero-order valence-corrected chi connectivity index (χ0v) is 12.9. The number of benzene rings is 1. The van der Waals surface area contributed by atoms with Crippen LogP contribution in [-0.2, 0) is 6.42 Å². The van der Waals surface area contributed by atoms with Crippen LogP contribution in [0.4, 0.5) is 0 Å². The van der Waals surface area contributed by atoms with Gasteiger partial charge in [0.2, 0.25) is 0 Å². The average molecular weight is 272 g/mol. The van der Waals surface area contributed by atoms with Gasteiger partial charge >= 0.3 is 0 Å². The van der Waals surface area contributed by atoms with Gasteiger partial charge in [0.25, 0.3) is 0 Å². The fourth-order valence-corrected chi connectivity index (χ4v) is 3.98. The quantitative estimate of drug-likeness (QED) is 0.906. The van der Waals surface area contributed by atoms with Crippen molar-refractivity contribution in [3.63, 3.8) is 0 Å². The molecule has 0 aromatic heterocycles. The van der Waals surface area contributed by atoms with Crippen LogP contribution in [0.1, 0.15) is 32.3 Å². The molecule has 2 saturated heterocycles. The minimum Gasteiger partial charge on any atom is -0.316 e. The zero-order chi connectivity index (χ0) is 14.0. The Morgan fingerprint density at radius 1 is 1.30 bits per heavy atom. The predicted molar refractivity (Wildman–Crippen MR) is 84.9 cm³/mol. The van der Waals surface area contributed by atoms with Crippen LogP contribution in [0.25, 0.3) is 0 Å². The summed E-state index contributed by atoms with van der Waals surface area (Å²) in [4.78, 5) is 2.74. The molecule has 2 heteroatoms. The molecule has 2 heterocycles. The SMILES string of the molecule is CC1C(Cc2ccccc2)CCN1CC1(C)CCNC1. The molecule has 3 atom stereocenters. The molecule has 0 amide bonds. The largest absolute Gasteiger partial charge is 0.316 e. The molecule has 1 N–H and O–H groups in total. The number of hydrogen-bond donors (Lipinski definition) is 1. The Hall–Kier alpha value is -0.860. The van der Waals surface area contributed by atoms with Gasteiger partial charge in [-0.3, -0.25) is 4.90 Å². The summed E-state index contributed by atoms with van der Waals surface area (Å²) < 4.78 is 0. The molecule has 0 saturated carbocycles. The first-order chi connectivity index (χ1) is 9.66. The molecule has 0 aliphatic carbocycles. The van der Waals surface area contributed by atoms with Crippen molar-refractivity contribution >= 4 is 0 Å². The Balaban J connectivity index is 1.58. The first kappa shape index (κ1) is 14.1. The van der Waals surface area contributed by atoms with Crippen molar-refractivity contribution < 1.29 is 0 Å². The molecule has 0 bridgehead atoms. The lowest BCUT2D eigenvalue weighted by Crippen LogP contribution is -2.40.